The molecule has 10 heteroatoms. The number of anilines is 1. The van der Waals surface area contributed by atoms with Crippen LogP contribution in [0.25, 0.3) is 0 Å². The van der Waals surface area contributed by atoms with Crippen molar-refractivity contribution < 1.29 is 19.2 Å². The standard InChI is InChI=1S/C28H25Cl2N3O5/c1-37-24-14-17(9-11-23(24)38-15-16-8-10-19(29)20(30)13-16)25-22-7-4-12-32(22)28(26(25)33(35)36)18-5-2-3-6-21(18)31-27(28)34/h2-3,5-6,8-11,13-14,22,25-26H,4,7,12,15H2,1H3,(H,31,34)/t22-,25+,26+,28-/m0/s1. The van der Waals surface area contributed by atoms with Crippen molar-refractivity contribution in [1.29, 1.82) is 0 Å². The molecule has 1 N–H and O–H groups in total. The van der Waals surface area contributed by atoms with Crippen LogP contribution in [0.3, 0.4) is 0 Å². The average Bonchev–Trinajstić information content (AvgIpc) is 3.57. The van der Waals surface area contributed by atoms with Crippen LogP contribution in [0.5, 0.6) is 11.5 Å². The minimum absolute atomic E-state index is 0.157. The van der Waals surface area contributed by atoms with Gasteiger partial charge in [-0.3, -0.25) is 19.8 Å². The van der Waals surface area contributed by atoms with Crippen molar-refractivity contribution in [3.63, 3.8) is 0 Å². The number of hydrogen-bond donors (Lipinski definition) is 1. The molecule has 196 valence electrons. The van der Waals surface area contributed by atoms with Gasteiger partial charge in [0.2, 0.25) is 0 Å². The number of ether oxygens (including phenoxy) is 2. The molecule has 3 aliphatic heterocycles. The number of fused-ring (bicyclic) bond motifs is 4. The molecule has 0 aromatic heterocycles. The van der Waals surface area contributed by atoms with E-state index in [-0.39, 0.29) is 23.5 Å². The van der Waals surface area contributed by atoms with Crippen LogP contribution in [0.4, 0.5) is 5.69 Å². The summed E-state index contributed by atoms with van der Waals surface area (Å²) >= 11 is 12.1. The molecule has 3 aromatic rings. The third kappa shape index (κ3) is 3.66. The van der Waals surface area contributed by atoms with Crippen molar-refractivity contribution in [2.75, 3.05) is 19.0 Å². The molecule has 6 rings (SSSR count). The molecule has 0 aliphatic carbocycles. The highest BCUT2D eigenvalue weighted by molar-refractivity contribution is 6.42. The Kier molecular flexibility index (Phi) is 6.21. The fourth-order valence-electron chi connectivity index (χ4n) is 6.58. The van der Waals surface area contributed by atoms with E-state index in [0.29, 0.717) is 39.3 Å². The molecule has 0 unspecified atom stereocenters. The molecular formula is C28H25Cl2N3O5. The van der Waals surface area contributed by atoms with Gasteiger partial charge < -0.3 is 14.8 Å². The first-order chi connectivity index (χ1) is 18.4. The van der Waals surface area contributed by atoms with E-state index < -0.39 is 17.5 Å². The third-order valence-electron chi connectivity index (χ3n) is 8.05. The molecule has 1 amide bonds. The van der Waals surface area contributed by atoms with Gasteiger partial charge in [0, 0.05) is 28.8 Å². The Labute approximate surface area is 229 Å². The Morgan fingerprint density at radius 3 is 2.68 bits per heavy atom. The number of hydrogen-bond acceptors (Lipinski definition) is 6. The summed E-state index contributed by atoms with van der Waals surface area (Å²) < 4.78 is 11.7. The Balaban J connectivity index is 1.38. The molecule has 3 aromatic carbocycles. The number of methoxy groups -OCH3 is 1. The van der Waals surface area contributed by atoms with Gasteiger partial charge in [-0.25, -0.2) is 0 Å². The van der Waals surface area contributed by atoms with Gasteiger partial charge in [0.05, 0.1) is 23.1 Å². The second kappa shape index (κ2) is 9.45. The molecule has 0 bridgehead atoms. The number of amides is 1. The Morgan fingerprint density at radius 2 is 1.92 bits per heavy atom. The van der Waals surface area contributed by atoms with E-state index in [1.54, 1.807) is 30.3 Å². The zero-order valence-electron chi connectivity index (χ0n) is 20.5. The van der Waals surface area contributed by atoms with Crippen molar-refractivity contribution in [2.45, 2.75) is 43.0 Å². The number of halogens is 2. The minimum Gasteiger partial charge on any atom is -0.493 e. The van der Waals surface area contributed by atoms with Crippen LogP contribution in [0, 0.1) is 10.1 Å². The topological polar surface area (TPSA) is 93.9 Å². The monoisotopic (exact) mass is 553 g/mol. The number of carbonyl (C=O) groups excluding carboxylic acids is 1. The maximum atomic E-state index is 13.6. The summed E-state index contributed by atoms with van der Waals surface area (Å²) in [5, 5.41) is 16.6. The summed E-state index contributed by atoms with van der Waals surface area (Å²) in [7, 11) is 1.54. The molecule has 1 spiro atoms. The van der Waals surface area contributed by atoms with Crippen molar-refractivity contribution in [1.82, 2.24) is 4.90 Å². The van der Waals surface area contributed by atoms with Crippen LogP contribution in [0.1, 0.15) is 35.4 Å². The molecule has 38 heavy (non-hydrogen) atoms. The zero-order valence-corrected chi connectivity index (χ0v) is 22.0. The van der Waals surface area contributed by atoms with E-state index in [1.807, 2.05) is 30.3 Å². The van der Waals surface area contributed by atoms with Crippen LogP contribution in [-0.4, -0.2) is 41.5 Å². The first-order valence-corrected chi connectivity index (χ1v) is 13.2. The van der Waals surface area contributed by atoms with Crippen molar-refractivity contribution >= 4 is 34.8 Å². The largest absolute Gasteiger partial charge is 0.493 e. The number of para-hydroxylation sites is 1. The van der Waals surface area contributed by atoms with Gasteiger partial charge in [0.15, 0.2) is 17.0 Å². The number of nitro groups is 1. The fourth-order valence-corrected chi connectivity index (χ4v) is 6.90. The maximum absolute atomic E-state index is 13.6. The van der Waals surface area contributed by atoms with Gasteiger partial charge in [0.1, 0.15) is 6.61 Å². The zero-order chi connectivity index (χ0) is 26.6. The lowest BCUT2D eigenvalue weighted by Crippen LogP contribution is -2.55. The summed E-state index contributed by atoms with van der Waals surface area (Å²) in [5.41, 5.74) is 1.54. The highest BCUT2D eigenvalue weighted by atomic mass is 35.5. The first-order valence-electron chi connectivity index (χ1n) is 12.4. The average molecular weight is 554 g/mol. The van der Waals surface area contributed by atoms with Gasteiger partial charge >= 0.3 is 0 Å². The first kappa shape index (κ1) is 25.0. The Morgan fingerprint density at radius 1 is 1.11 bits per heavy atom. The molecule has 8 nitrogen and oxygen atoms in total. The Bertz CT molecular complexity index is 1450. The lowest BCUT2D eigenvalue weighted by molar-refractivity contribution is -0.534. The van der Waals surface area contributed by atoms with Crippen molar-refractivity contribution in [2.24, 2.45) is 0 Å². The highest BCUT2D eigenvalue weighted by Gasteiger charge is 2.73. The number of rotatable bonds is 6. The molecule has 0 radical (unpaired) electrons. The van der Waals surface area contributed by atoms with E-state index in [9.17, 15) is 14.9 Å². The third-order valence-corrected chi connectivity index (χ3v) is 8.78. The fraction of sp³-hybridized carbons (Fsp3) is 0.321. The van der Waals surface area contributed by atoms with Gasteiger partial charge in [-0.15, -0.1) is 0 Å². The number of benzene rings is 3. The van der Waals surface area contributed by atoms with Crippen LogP contribution in [0.2, 0.25) is 10.0 Å². The van der Waals surface area contributed by atoms with Gasteiger partial charge in [-0.05, 0) is 54.3 Å². The van der Waals surface area contributed by atoms with E-state index in [1.165, 1.54) is 7.11 Å². The second-order valence-electron chi connectivity index (χ2n) is 9.87. The predicted octanol–water partition coefficient (Wildman–Crippen LogP) is 5.64. The summed E-state index contributed by atoms with van der Waals surface area (Å²) in [6.45, 7) is 0.860. The van der Waals surface area contributed by atoms with Crippen molar-refractivity contribution in [3.8, 4) is 11.5 Å². The molecule has 2 fully saturated rings. The van der Waals surface area contributed by atoms with Crippen molar-refractivity contribution in [3.05, 3.63) is 97.5 Å². The molecule has 2 saturated heterocycles. The predicted molar refractivity (Wildman–Crippen MR) is 144 cm³/mol. The number of carbonyl (C=O) groups is 1. The lowest BCUT2D eigenvalue weighted by Gasteiger charge is -2.32. The molecule has 0 saturated carbocycles. The van der Waals surface area contributed by atoms with Gasteiger partial charge in [0.25, 0.3) is 11.9 Å². The lowest BCUT2D eigenvalue weighted by atomic mass is 9.77. The minimum atomic E-state index is -1.36. The van der Waals surface area contributed by atoms with Crippen LogP contribution >= 0.6 is 23.2 Å². The van der Waals surface area contributed by atoms with Crippen LogP contribution in [0.15, 0.2) is 60.7 Å². The summed E-state index contributed by atoms with van der Waals surface area (Å²) in [6.07, 6.45) is 1.63. The van der Waals surface area contributed by atoms with E-state index in [0.717, 1.165) is 24.0 Å². The summed E-state index contributed by atoms with van der Waals surface area (Å²) in [4.78, 5) is 28.2. The number of nitrogens with zero attached hydrogens (tertiary/aromatic N) is 2. The van der Waals surface area contributed by atoms with Gasteiger partial charge in [-0.1, -0.05) is 53.5 Å². The van der Waals surface area contributed by atoms with E-state index in [4.69, 9.17) is 32.7 Å². The smallest absolute Gasteiger partial charge is 0.256 e. The second-order valence-corrected chi connectivity index (χ2v) is 10.7. The number of nitrogens with one attached hydrogen (secondary N) is 1. The van der Waals surface area contributed by atoms with Crippen LogP contribution in [-0.2, 0) is 16.9 Å². The molecular weight excluding hydrogens is 529 g/mol. The summed E-state index contributed by atoms with van der Waals surface area (Å²) in [5.74, 6) is 0.122. The summed E-state index contributed by atoms with van der Waals surface area (Å²) in [6, 6.07) is 16.7. The molecule has 3 aliphatic rings. The van der Waals surface area contributed by atoms with E-state index >= 15 is 0 Å². The SMILES string of the molecule is COc1cc([C@@H]2[C@@H]3CCCN3[C@]3(C(=O)Nc4ccccc43)[C@@H]2[N+](=O)[O-])ccc1OCc1ccc(Cl)c(Cl)c1. The molecule has 3 heterocycles. The highest BCUT2D eigenvalue weighted by Crippen LogP contribution is 2.58. The van der Waals surface area contributed by atoms with Gasteiger partial charge in [-0.2, -0.15) is 0 Å². The van der Waals surface area contributed by atoms with E-state index in [2.05, 4.69) is 10.2 Å². The maximum Gasteiger partial charge on any atom is 0.256 e. The Hall–Kier alpha value is -3.33. The quantitative estimate of drug-likeness (QED) is 0.313. The normalized spacial score (nSPS) is 25.8. The molecule has 4 atom stereocenters. The van der Waals surface area contributed by atoms with Crippen LogP contribution < -0.4 is 14.8 Å².